The molecule has 0 radical (unpaired) electrons. The Balaban J connectivity index is 1.49. The van der Waals surface area contributed by atoms with E-state index in [1.54, 1.807) is 61.7 Å². The number of carbonyl (C=O) groups excluding carboxylic acids is 4. The van der Waals surface area contributed by atoms with E-state index in [4.69, 9.17) is 4.74 Å². The fraction of sp³-hybridized carbons (Fsp3) is 0.133. The van der Waals surface area contributed by atoms with Crippen LogP contribution >= 0.6 is 11.3 Å². The lowest BCUT2D eigenvalue weighted by Crippen LogP contribution is -2.46. The number of ketones is 1. The second-order valence-electron chi connectivity index (χ2n) is 8.88. The third-order valence-electron chi connectivity index (χ3n) is 6.42. The molecule has 4 aromatic rings. The number of rotatable bonds is 9. The summed E-state index contributed by atoms with van der Waals surface area (Å²) in [5.41, 5.74) is 2.01. The van der Waals surface area contributed by atoms with Crippen LogP contribution in [0.1, 0.15) is 26.8 Å². The molecule has 2 heterocycles. The van der Waals surface area contributed by atoms with Crippen LogP contribution in [0.5, 0.6) is 5.75 Å². The molecular formula is C30H25N3O5S. The lowest BCUT2D eigenvalue weighted by Gasteiger charge is -2.32. The van der Waals surface area contributed by atoms with E-state index in [0.717, 1.165) is 5.56 Å². The summed E-state index contributed by atoms with van der Waals surface area (Å²) < 4.78 is 5.20. The van der Waals surface area contributed by atoms with Crippen molar-refractivity contribution in [2.75, 3.05) is 23.9 Å². The van der Waals surface area contributed by atoms with Crippen molar-refractivity contribution >= 4 is 46.2 Å². The highest BCUT2D eigenvalue weighted by molar-refractivity contribution is 7.10. The van der Waals surface area contributed by atoms with Crippen LogP contribution in [0.2, 0.25) is 0 Å². The number of para-hydroxylation sites is 1. The Morgan fingerprint density at radius 2 is 1.64 bits per heavy atom. The van der Waals surface area contributed by atoms with E-state index in [2.05, 4.69) is 5.32 Å². The Bertz CT molecular complexity index is 1500. The first-order valence-electron chi connectivity index (χ1n) is 12.2. The molecule has 1 unspecified atom stereocenters. The lowest BCUT2D eigenvalue weighted by molar-refractivity contribution is -0.138. The molecule has 0 spiro atoms. The van der Waals surface area contributed by atoms with Crippen molar-refractivity contribution in [3.8, 4) is 5.75 Å². The van der Waals surface area contributed by atoms with Crippen molar-refractivity contribution in [2.24, 2.45) is 0 Å². The molecule has 1 N–H and O–H groups in total. The van der Waals surface area contributed by atoms with Gasteiger partial charge in [-0.2, -0.15) is 0 Å². The normalized spacial score (nSPS) is 13.1. The summed E-state index contributed by atoms with van der Waals surface area (Å²) in [6.07, 6.45) is 0. The average Bonchev–Trinajstić information content (AvgIpc) is 3.57. The van der Waals surface area contributed by atoms with Crippen LogP contribution in [0.4, 0.5) is 11.4 Å². The van der Waals surface area contributed by atoms with Gasteiger partial charge in [0.15, 0.2) is 0 Å². The molecular weight excluding hydrogens is 514 g/mol. The topological polar surface area (TPSA) is 96.0 Å². The van der Waals surface area contributed by atoms with Crippen LogP contribution in [0.3, 0.4) is 0 Å². The molecule has 9 heteroatoms. The van der Waals surface area contributed by atoms with E-state index in [0.29, 0.717) is 22.0 Å². The van der Waals surface area contributed by atoms with Crippen molar-refractivity contribution in [1.82, 2.24) is 4.90 Å². The van der Waals surface area contributed by atoms with Crippen molar-refractivity contribution in [1.29, 1.82) is 0 Å². The minimum Gasteiger partial charge on any atom is -0.497 e. The Hall–Kier alpha value is -4.76. The third-order valence-corrected chi connectivity index (χ3v) is 7.34. The van der Waals surface area contributed by atoms with Crippen LogP contribution < -0.4 is 15.0 Å². The minimum absolute atomic E-state index is 0.121. The second kappa shape index (κ2) is 11.3. The summed E-state index contributed by atoms with van der Waals surface area (Å²) >= 11 is 1.36. The number of methoxy groups -OCH3 is 1. The standard InChI is InChI=1S/C30H25N3O5S/c1-38-22-15-13-21(14-16-22)31-29(36)27(25-12-7-17-39-25)33(18-20-8-3-2-4-9-20)26(34)19-32-24-11-6-5-10-23(24)28(35)30(32)37/h2-17,27H,18-19H2,1H3,(H,31,36). The number of Topliss-reactive ketones (excluding diaryl/α,β-unsaturated/α-hetero) is 1. The first-order valence-corrected chi connectivity index (χ1v) is 13.1. The molecule has 3 amide bonds. The molecule has 0 bridgehead atoms. The second-order valence-corrected chi connectivity index (χ2v) is 9.86. The van der Waals surface area contributed by atoms with E-state index in [1.807, 2.05) is 41.8 Å². The minimum atomic E-state index is -0.983. The maximum Gasteiger partial charge on any atom is 0.299 e. The van der Waals surface area contributed by atoms with Gasteiger partial charge in [0, 0.05) is 17.1 Å². The summed E-state index contributed by atoms with van der Waals surface area (Å²) in [4.78, 5) is 56.4. The lowest BCUT2D eigenvalue weighted by atomic mass is 10.1. The van der Waals surface area contributed by atoms with Gasteiger partial charge in [-0.05, 0) is 53.4 Å². The maximum absolute atomic E-state index is 14.0. The number of ether oxygens (including phenoxy) is 1. The molecule has 8 nitrogen and oxygen atoms in total. The first kappa shape index (κ1) is 25.9. The van der Waals surface area contributed by atoms with E-state index in [9.17, 15) is 19.2 Å². The van der Waals surface area contributed by atoms with Crippen LogP contribution in [0.15, 0.2) is 96.4 Å². The number of fused-ring (bicyclic) bond motifs is 1. The summed E-state index contributed by atoms with van der Waals surface area (Å²) in [5, 5.41) is 4.75. The van der Waals surface area contributed by atoms with Gasteiger partial charge in [-0.15, -0.1) is 11.3 Å². The molecule has 0 saturated heterocycles. The van der Waals surface area contributed by atoms with Gasteiger partial charge in [-0.25, -0.2) is 0 Å². The van der Waals surface area contributed by atoms with Gasteiger partial charge >= 0.3 is 0 Å². The van der Waals surface area contributed by atoms with Crippen LogP contribution in [0.25, 0.3) is 0 Å². The van der Waals surface area contributed by atoms with Crippen molar-refractivity contribution in [3.63, 3.8) is 0 Å². The molecule has 39 heavy (non-hydrogen) atoms. The Labute approximate surface area is 229 Å². The number of hydrogen-bond acceptors (Lipinski definition) is 6. The maximum atomic E-state index is 14.0. The molecule has 1 aliphatic heterocycles. The van der Waals surface area contributed by atoms with Crippen LogP contribution in [-0.4, -0.2) is 42.1 Å². The Morgan fingerprint density at radius 3 is 2.33 bits per heavy atom. The number of benzene rings is 3. The number of hydrogen-bond donors (Lipinski definition) is 1. The zero-order valence-electron chi connectivity index (χ0n) is 21.1. The average molecular weight is 540 g/mol. The number of nitrogens with zero attached hydrogens (tertiary/aromatic N) is 2. The molecule has 0 aliphatic carbocycles. The third kappa shape index (κ3) is 5.44. The van der Waals surface area contributed by atoms with Gasteiger partial charge < -0.3 is 15.0 Å². The van der Waals surface area contributed by atoms with Gasteiger partial charge in [-0.3, -0.25) is 24.1 Å². The highest BCUT2D eigenvalue weighted by Crippen LogP contribution is 2.32. The van der Waals surface area contributed by atoms with Gasteiger partial charge in [0.25, 0.3) is 17.6 Å². The predicted molar refractivity (Wildman–Crippen MR) is 149 cm³/mol. The largest absolute Gasteiger partial charge is 0.497 e. The van der Waals surface area contributed by atoms with Gasteiger partial charge in [0.05, 0.1) is 18.4 Å². The zero-order chi connectivity index (χ0) is 27.4. The predicted octanol–water partition coefficient (Wildman–Crippen LogP) is 4.69. The van der Waals surface area contributed by atoms with Gasteiger partial charge in [0.1, 0.15) is 18.3 Å². The molecule has 0 saturated carbocycles. The van der Waals surface area contributed by atoms with E-state index >= 15 is 0 Å². The smallest absolute Gasteiger partial charge is 0.299 e. The summed E-state index contributed by atoms with van der Waals surface area (Å²) in [7, 11) is 1.56. The first-order chi connectivity index (χ1) is 19.0. The number of amides is 3. The van der Waals surface area contributed by atoms with Crippen molar-refractivity contribution in [3.05, 3.63) is 112 Å². The van der Waals surface area contributed by atoms with Crippen LogP contribution in [0, 0.1) is 0 Å². The number of thiophene rings is 1. The number of anilines is 2. The molecule has 196 valence electrons. The molecule has 1 aliphatic rings. The summed E-state index contributed by atoms with van der Waals surface area (Å²) in [6, 6.07) is 25.4. The molecule has 3 aromatic carbocycles. The zero-order valence-corrected chi connectivity index (χ0v) is 21.9. The van der Waals surface area contributed by atoms with Crippen molar-refractivity contribution < 1.29 is 23.9 Å². The number of carbonyl (C=O) groups is 4. The summed E-state index contributed by atoms with van der Waals surface area (Å²) in [6.45, 7) is -0.262. The highest BCUT2D eigenvalue weighted by Gasteiger charge is 2.39. The number of nitrogens with one attached hydrogen (secondary N) is 1. The molecule has 0 fully saturated rings. The van der Waals surface area contributed by atoms with Crippen LogP contribution in [-0.2, 0) is 20.9 Å². The van der Waals surface area contributed by atoms with E-state index in [1.165, 1.54) is 21.1 Å². The molecule has 1 aromatic heterocycles. The monoisotopic (exact) mass is 539 g/mol. The van der Waals surface area contributed by atoms with Gasteiger partial charge in [-0.1, -0.05) is 48.5 Å². The quantitative estimate of drug-likeness (QED) is 0.311. The Morgan fingerprint density at radius 1 is 0.923 bits per heavy atom. The molecule has 1 atom stereocenters. The fourth-order valence-corrected chi connectivity index (χ4v) is 5.33. The summed E-state index contributed by atoms with van der Waals surface area (Å²) in [5.74, 6) is -1.65. The fourth-order valence-electron chi connectivity index (χ4n) is 4.49. The van der Waals surface area contributed by atoms with E-state index in [-0.39, 0.29) is 18.7 Å². The Kier molecular flexibility index (Phi) is 7.51. The SMILES string of the molecule is COc1ccc(NC(=O)C(c2cccs2)N(Cc2ccccc2)C(=O)CN2C(=O)C(=O)c3ccccc32)cc1. The van der Waals surface area contributed by atoms with E-state index < -0.39 is 29.5 Å². The highest BCUT2D eigenvalue weighted by atomic mass is 32.1. The van der Waals surface area contributed by atoms with Gasteiger partial charge in [0.2, 0.25) is 5.91 Å². The molecule has 5 rings (SSSR count). The van der Waals surface area contributed by atoms with Crippen molar-refractivity contribution in [2.45, 2.75) is 12.6 Å².